The van der Waals surface area contributed by atoms with Gasteiger partial charge in [-0.25, -0.2) is 0 Å². The molecule has 0 spiro atoms. The summed E-state index contributed by atoms with van der Waals surface area (Å²) in [7, 11) is 0. The van der Waals surface area contributed by atoms with Crippen LogP contribution in [0.3, 0.4) is 0 Å². The van der Waals surface area contributed by atoms with Crippen LogP contribution < -0.4 is 0 Å². The minimum Gasteiger partial charge on any atom is -0.482 e. The number of Topliss-reactive ketones (excluding diaryl/α,β-unsaturated/α-hetero) is 1. The van der Waals surface area contributed by atoms with Crippen molar-refractivity contribution >= 4 is 38.6 Å². The Balaban J connectivity index is 3.10. The van der Waals surface area contributed by atoms with E-state index >= 15 is 0 Å². The van der Waals surface area contributed by atoms with Crippen molar-refractivity contribution in [2.75, 3.05) is 0 Å². The van der Waals surface area contributed by atoms with E-state index in [2.05, 4.69) is 15.9 Å². The molecule has 0 saturated heterocycles. The van der Waals surface area contributed by atoms with Gasteiger partial charge in [0.2, 0.25) is 0 Å². The molecule has 78 valence electrons. The lowest BCUT2D eigenvalue weighted by atomic mass is 10.00. The molecule has 2 unspecified atom stereocenters. The number of hydrogen-bond acceptors (Lipinski definition) is 4. The molecule has 1 heterocycles. The smallest absolute Gasteiger partial charge is 0.187 e. The number of alkyl halides is 1. The van der Waals surface area contributed by atoms with E-state index in [9.17, 15) is 9.59 Å². The molecule has 0 aromatic rings. The summed E-state index contributed by atoms with van der Waals surface area (Å²) >= 11 is 4.29. The number of carbonyl (C=O) groups excluding carboxylic acids is 2. The molecule has 0 fully saturated rings. The van der Waals surface area contributed by atoms with Gasteiger partial charge in [0.1, 0.15) is 0 Å². The van der Waals surface area contributed by atoms with Gasteiger partial charge in [0.15, 0.2) is 20.2 Å². The predicted octanol–water partition coefficient (Wildman–Crippen LogP) is 2.25. The van der Waals surface area contributed by atoms with E-state index in [4.69, 9.17) is 4.74 Å². The average molecular weight is 279 g/mol. The van der Waals surface area contributed by atoms with Gasteiger partial charge >= 0.3 is 0 Å². The fraction of sp³-hybridized carbons (Fsp3) is 0.556. The minimum atomic E-state index is -0.946. The van der Waals surface area contributed by atoms with E-state index in [1.165, 1.54) is 20.1 Å². The highest BCUT2D eigenvalue weighted by atomic mass is 79.9. The maximum absolute atomic E-state index is 11.6. The van der Waals surface area contributed by atoms with Crippen LogP contribution in [0.4, 0.5) is 0 Å². The lowest BCUT2D eigenvalue weighted by Gasteiger charge is -2.33. The summed E-state index contributed by atoms with van der Waals surface area (Å²) in [6.07, 6.45) is 3.07. The Bertz CT molecular complexity index is 311. The highest BCUT2D eigenvalue weighted by molar-refractivity contribution is 9.10. The summed E-state index contributed by atoms with van der Waals surface area (Å²) in [5.74, 6) is -0.106. The first kappa shape index (κ1) is 11.8. The molecule has 3 nitrogen and oxygen atoms in total. The number of thioether (sulfide) groups is 1. The summed E-state index contributed by atoms with van der Waals surface area (Å²) in [5.41, 5.74) is 0. The van der Waals surface area contributed by atoms with Crippen molar-refractivity contribution < 1.29 is 14.3 Å². The van der Waals surface area contributed by atoms with Crippen molar-refractivity contribution in [1.82, 2.24) is 0 Å². The molecule has 1 aliphatic heterocycles. The molecule has 0 N–H and O–H groups in total. The molecule has 2 atom stereocenters. The summed E-state index contributed by atoms with van der Waals surface area (Å²) < 4.78 is 3.47. The van der Waals surface area contributed by atoms with Crippen molar-refractivity contribution in [3.63, 3.8) is 0 Å². The number of ether oxygens (including phenoxy) is 1. The van der Waals surface area contributed by atoms with Crippen LogP contribution in [0.5, 0.6) is 0 Å². The zero-order valence-electron chi connectivity index (χ0n) is 8.17. The Hall–Kier alpha value is -0.290. The summed E-state index contributed by atoms with van der Waals surface area (Å²) in [6.45, 7) is 4.61. The molecule has 0 radical (unpaired) electrons. The van der Waals surface area contributed by atoms with Crippen molar-refractivity contribution in [2.24, 2.45) is 0 Å². The second kappa shape index (κ2) is 3.70. The lowest BCUT2D eigenvalue weighted by molar-refractivity contribution is -0.120. The van der Waals surface area contributed by atoms with E-state index in [0.29, 0.717) is 0 Å². The quantitative estimate of drug-likeness (QED) is 0.727. The predicted molar refractivity (Wildman–Crippen MR) is 59.2 cm³/mol. The molecule has 1 rings (SSSR count). The van der Waals surface area contributed by atoms with Gasteiger partial charge in [0.25, 0.3) is 0 Å². The Morgan fingerprint density at radius 3 is 2.29 bits per heavy atom. The van der Waals surface area contributed by atoms with E-state index in [0.717, 1.165) is 11.8 Å². The topological polar surface area (TPSA) is 43.4 Å². The molecule has 14 heavy (non-hydrogen) atoms. The molecule has 5 heteroatoms. The molecule has 0 aromatic heterocycles. The first-order valence-corrected chi connectivity index (χ1v) is 5.68. The highest BCUT2D eigenvalue weighted by Crippen LogP contribution is 2.48. The van der Waals surface area contributed by atoms with Gasteiger partial charge in [-0.15, -0.1) is 0 Å². The number of hydrogen-bond donors (Lipinski definition) is 0. The van der Waals surface area contributed by atoms with Gasteiger partial charge in [0.05, 0.1) is 6.26 Å². The van der Waals surface area contributed by atoms with Crippen LogP contribution in [0.25, 0.3) is 0 Å². The number of rotatable bonds is 2. The van der Waals surface area contributed by atoms with E-state index in [-0.39, 0.29) is 10.9 Å². The van der Waals surface area contributed by atoms with Gasteiger partial charge in [-0.05, 0) is 35.9 Å². The maximum Gasteiger partial charge on any atom is 0.187 e. The van der Waals surface area contributed by atoms with Crippen LogP contribution in [0.1, 0.15) is 20.8 Å². The van der Waals surface area contributed by atoms with Gasteiger partial charge in [-0.1, -0.05) is 11.8 Å². The van der Waals surface area contributed by atoms with E-state index in [1.54, 1.807) is 13.0 Å². The molecule has 0 aromatic carbocycles. The third kappa shape index (κ3) is 1.75. The Labute approximate surface area is 95.4 Å². The number of carbonyl (C=O) groups is 2. The zero-order chi connectivity index (χ0) is 11.0. The summed E-state index contributed by atoms with van der Waals surface area (Å²) in [5, 5.41) is -0.110. The SMILES string of the molecule is CC(=O)SC1(C(C)=O)C=COC1(C)Br. The van der Waals surface area contributed by atoms with Crippen LogP contribution >= 0.6 is 27.7 Å². The molecule has 1 aliphatic rings. The second-order valence-corrected chi connectivity index (χ2v) is 6.16. The molecular weight excluding hydrogens is 268 g/mol. The van der Waals surface area contributed by atoms with Gasteiger partial charge in [-0.3, -0.25) is 9.59 Å². The number of halogens is 1. The monoisotopic (exact) mass is 278 g/mol. The van der Waals surface area contributed by atoms with Crippen LogP contribution in [-0.2, 0) is 14.3 Å². The largest absolute Gasteiger partial charge is 0.482 e. The second-order valence-electron chi connectivity index (χ2n) is 3.22. The molecule has 0 amide bonds. The third-order valence-corrected chi connectivity index (χ3v) is 4.58. The fourth-order valence-corrected chi connectivity index (χ4v) is 3.06. The van der Waals surface area contributed by atoms with Gasteiger partial charge < -0.3 is 4.74 Å². The molecule has 0 saturated carbocycles. The van der Waals surface area contributed by atoms with Crippen LogP contribution in [0, 0.1) is 0 Å². The number of ketones is 1. The van der Waals surface area contributed by atoms with Crippen molar-refractivity contribution in [2.45, 2.75) is 30.0 Å². The summed E-state index contributed by atoms with van der Waals surface area (Å²) in [4.78, 5) is 22.7. The zero-order valence-corrected chi connectivity index (χ0v) is 10.6. The Morgan fingerprint density at radius 1 is 1.43 bits per heavy atom. The van der Waals surface area contributed by atoms with Crippen molar-refractivity contribution in [3.05, 3.63) is 12.3 Å². The third-order valence-electron chi connectivity index (χ3n) is 2.08. The molecule has 0 aliphatic carbocycles. The van der Waals surface area contributed by atoms with Crippen LogP contribution in [-0.4, -0.2) is 20.2 Å². The Morgan fingerprint density at radius 2 is 2.00 bits per heavy atom. The lowest BCUT2D eigenvalue weighted by Crippen LogP contribution is -2.47. The maximum atomic E-state index is 11.6. The van der Waals surface area contributed by atoms with Gasteiger partial charge in [0, 0.05) is 6.92 Å². The molecular formula is C9H11BrO3S. The van der Waals surface area contributed by atoms with Crippen molar-refractivity contribution in [1.29, 1.82) is 0 Å². The average Bonchev–Trinajstić information content (AvgIpc) is 2.26. The van der Waals surface area contributed by atoms with Gasteiger partial charge in [-0.2, -0.15) is 0 Å². The minimum absolute atomic E-state index is 0.106. The fourth-order valence-electron chi connectivity index (χ4n) is 1.35. The standard InChI is InChI=1S/C9H11BrO3S/c1-6(11)9(14-7(2)12)4-5-13-8(9,3)10/h4-5H,1-3H3. The summed E-state index contributed by atoms with van der Waals surface area (Å²) in [6, 6.07) is 0. The highest BCUT2D eigenvalue weighted by Gasteiger charge is 2.55. The first-order chi connectivity index (χ1) is 6.32. The van der Waals surface area contributed by atoms with E-state index < -0.39 is 9.26 Å². The molecule has 0 bridgehead atoms. The Kier molecular flexibility index (Phi) is 3.11. The van der Waals surface area contributed by atoms with Crippen LogP contribution in [0.2, 0.25) is 0 Å². The normalized spacial score (nSPS) is 35.4. The van der Waals surface area contributed by atoms with E-state index in [1.807, 2.05) is 0 Å². The first-order valence-electron chi connectivity index (χ1n) is 4.07. The van der Waals surface area contributed by atoms with Crippen LogP contribution in [0.15, 0.2) is 12.3 Å². The van der Waals surface area contributed by atoms with Crippen molar-refractivity contribution in [3.8, 4) is 0 Å².